The molecule has 7 nitrogen and oxygen atoms in total. The van der Waals surface area contributed by atoms with Crippen molar-refractivity contribution in [1.29, 1.82) is 0 Å². The van der Waals surface area contributed by atoms with Crippen molar-refractivity contribution in [3.8, 4) is 5.75 Å². The number of amides is 1. The highest BCUT2D eigenvalue weighted by Gasteiger charge is 2.22. The normalized spacial score (nSPS) is 17.7. The molecule has 0 aliphatic carbocycles. The summed E-state index contributed by atoms with van der Waals surface area (Å²) in [5.74, 6) is 0.649. The molecule has 1 atom stereocenters. The zero-order chi connectivity index (χ0) is 16.9. The van der Waals surface area contributed by atoms with Crippen LogP contribution in [0.15, 0.2) is 24.3 Å². The maximum absolute atomic E-state index is 10.9. The van der Waals surface area contributed by atoms with Gasteiger partial charge in [0, 0.05) is 44.9 Å². The van der Waals surface area contributed by atoms with Gasteiger partial charge in [-0.15, -0.1) is 0 Å². The Morgan fingerprint density at radius 2 is 1.83 bits per heavy atom. The molecule has 23 heavy (non-hydrogen) atoms. The van der Waals surface area contributed by atoms with Crippen LogP contribution in [0, 0.1) is 0 Å². The molecule has 1 unspecified atom stereocenters. The SMILES string of the molecule is CC(O)(CCO)COc1ccc(N2CCN(C(=O)O)CC2)cc1. The monoisotopic (exact) mass is 324 g/mol. The highest BCUT2D eigenvalue weighted by atomic mass is 16.5. The second-order valence-corrected chi connectivity index (χ2v) is 6.01. The molecule has 128 valence electrons. The molecule has 1 saturated heterocycles. The van der Waals surface area contributed by atoms with Gasteiger partial charge in [0.25, 0.3) is 0 Å². The van der Waals surface area contributed by atoms with Crippen molar-refractivity contribution in [3.63, 3.8) is 0 Å². The van der Waals surface area contributed by atoms with Crippen LogP contribution in [-0.2, 0) is 0 Å². The van der Waals surface area contributed by atoms with E-state index in [1.54, 1.807) is 6.92 Å². The Hall–Kier alpha value is -1.99. The van der Waals surface area contributed by atoms with Crippen LogP contribution < -0.4 is 9.64 Å². The molecule has 7 heteroatoms. The first-order valence-corrected chi connectivity index (χ1v) is 7.70. The Labute approximate surface area is 135 Å². The molecule has 2 rings (SSSR count). The van der Waals surface area contributed by atoms with Gasteiger partial charge in [-0.1, -0.05) is 0 Å². The molecule has 0 aromatic heterocycles. The number of carbonyl (C=O) groups is 1. The summed E-state index contributed by atoms with van der Waals surface area (Å²) in [5.41, 5.74) is -0.0369. The van der Waals surface area contributed by atoms with E-state index in [2.05, 4.69) is 4.90 Å². The predicted molar refractivity (Wildman–Crippen MR) is 86.1 cm³/mol. The number of aliphatic hydroxyl groups is 2. The summed E-state index contributed by atoms with van der Waals surface area (Å²) in [4.78, 5) is 14.4. The number of anilines is 1. The van der Waals surface area contributed by atoms with Crippen LogP contribution in [0.1, 0.15) is 13.3 Å². The van der Waals surface area contributed by atoms with Gasteiger partial charge in [0.1, 0.15) is 12.4 Å². The van der Waals surface area contributed by atoms with Gasteiger partial charge in [0.05, 0.1) is 5.60 Å². The minimum atomic E-state index is -1.05. The fourth-order valence-corrected chi connectivity index (χ4v) is 2.46. The molecule has 1 aromatic rings. The molecular weight excluding hydrogens is 300 g/mol. The van der Waals surface area contributed by atoms with Gasteiger partial charge in [-0.2, -0.15) is 0 Å². The first kappa shape index (κ1) is 17.4. The lowest BCUT2D eigenvalue weighted by atomic mass is 10.1. The van der Waals surface area contributed by atoms with Crippen LogP contribution in [0.3, 0.4) is 0 Å². The fourth-order valence-electron chi connectivity index (χ4n) is 2.46. The molecule has 1 amide bonds. The molecule has 3 N–H and O–H groups in total. The third kappa shape index (κ3) is 5.01. The lowest BCUT2D eigenvalue weighted by Gasteiger charge is -2.34. The number of benzene rings is 1. The van der Waals surface area contributed by atoms with E-state index in [4.69, 9.17) is 14.9 Å². The molecule has 0 radical (unpaired) electrons. The van der Waals surface area contributed by atoms with Gasteiger partial charge in [0.2, 0.25) is 0 Å². The molecule has 0 bridgehead atoms. The van der Waals surface area contributed by atoms with Crippen molar-refractivity contribution in [2.45, 2.75) is 18.9 Å². The van der Waals surface area contributed by atoms with Crippen molar-refractivity contribution < 1.29 is 24.9 Å². The second-order valence-electron chi connectivity index (χ2n) is 6.01. The Morgan fingerprint density at radius 1 is 1.22 bits per heavy atom. The maximum atomic E-state index is 10.9. The zero-order valence-corrected chi connectivity index (χ0v) is 13.3. The van der Waals surface area contributed by atoms with Crippen LogP contribution in [0.25, 0.3) is 0 Å². The third-order valence-corrected chi connectivity index (χ3v) is 3.95. The minimum absolute atomic E-state index is 0.0857. The molecule has 0 spiro atoms. The maximum Gasteiger partial charge on any atom is 0.407 e. The smallest absolute Gasteiger partial charge is 0.407 e. The molecule has 1 heterocycles. The molecule has 1 aromatic carbocycles. The van der Waals surface area contributed by atoms with Gasteiger partial charge in [0.15, 0.2) is 0 Å². The molecule has 1 aliphatic heterocycles. The predicted octanol–water partition coefficient (Wildman–Crippen LogP) is 0.999. The molecule has 1 aliphatic rings. The highest BCUT2D eigenvalue weighted by Crippen LogP contribution is 2.22. The number of piperazine rings is 1. The lowest BCUT2D eigenvalue weighted by molar-refractivity contribution is -0.00755. The van der Waals surface area contributed by atoms with Crippen LogP contribution in [0.5, 0.6) is 5.75 Å². The summed E-state index contributed by atoms with van der Waals surface area (Å²) in [7, 11) is 0. The standard InChI is InChI=1S/C16H24N2O5/c1-16(22,6-11-19)12-23-14-4-2-13(3-5-14)17-7-9-18(10-8-17)15(20)21/h2-5,19,22H,6-12H2,1H3,(H,20,21). The lowest BCUT2D eigenvalue weighted by Crippen LogP contribution is -2.48. The summed E-state index contributed by atoms with van der Waals surface area (Å²) < 4.78 is 5.55. The molecular formula is C16H24N2O5. The molecule has 1 fully saturated rings. The van der Waals surface area contributed by atoms with Gasteiger partial charge in [-0.3, -0.25) is 0 Å². The van der Waals surface area contributed by atoms with Gasteiger partial charge < -0.3 is 29.9 Å². The number of hydrogen-bond acceptors (Lipinski definition) is 5. The summed E-state index contributed by atoms with van der Waals surface area (Å²) >= 11 is 0. The minimum Gasteiger partial charge on any atom is -0.491 e. The van der Waals surface area contributed by atoms with E-state index in [0.717, 1.165) is 5.69 Å². The van der Waals surface area contributed by atoms with E-state index >= 15 is 0 Å². The van der Waals surface area contributed by atoms with Crippen molar-refractivity contribution in [2.75, 3.05) is 44.3 Å². The summed E-state index contributed by atoms with van der Waals surface area (Å²) in [6, 6.07) is 7.50. The van der Waals surface area contributed by atoms with Gasteiger partial charge >= 0.3 is 6.09 Å². The second kappa shape index (κ2) is 7.52. The van der Waals surface area contributed by atoms with Crippen molar-refractivity contribution >= 4 is 11.8 Å². The number of carboxylic acid groups (broad SMARTS) is 1. The van der Waals surface area contributed by atoms with Crippen molar-refractivity contribution in [1.82, 2.24) is 4.90 Å². The quantitative estimate of drug-likeness (QED) is 0.723. The van der Waals surface area contributed by atoms with E-state index in [1.165, 1.54) is 4.90 Å². The van der Waals surface area contributed by atoms with Crippen molar-refractivity contribution in [2.24, 2.45) is 0 Å². The number of ether oxygens (including phenoxy) is 1. The highest BCUT2D eigenvalue weighted by molar-refractivity contribution is 5.65. The average molecular weight is 324 g/mol. The Morgan fingerprint density at radius 3 is 2.35 bits per heavy atom. The summed E-state index contributed by atoms with van der Waals surface area (Å²) in [6.45, 7) is 3.98. The topological polar surface area (TPSA) is 93.5 Å². The van der Waals surface area contributed by atoms with E-state index in [1.807, 2.05) is 24.3 Å². The number of rotatable bonds is 6. The summed E-state index contributed by atoms with van der Waals surface area (Å²) in [5, 5.41) is 27.8. The summed E-state index contributed by atoms with van der Waals surface area (Å²) in [6.07, 6.45) is -0.609. The van der Waals surface area contributed by atoms with E-state index in [-0.39, 0.29) is 19.6 Å². The number of nitrogens with zero attached hydrogens (tertiary/aromatic N) is 2. The Bertz CT molecular complexity index is 510. The van der Waals surface area contributed by atoms with Crippen LogP contribution in [0.2, 0.25) is 0 Å². The number of hydrogen-bond donors (Lipinski definition) is 3. The van der Waals surface area contributed by atoms with Gasteiger partial charge in [-0.05, 0) is 31.2 Å². The van der Waals surface area contributed by atoms with Crippen LogP contribution >= 0.6 is 0 Å². The van der Waals surface area contributed by atoms with E-state index < -0.39 is 11.7 Å². The first-order chi connectivity index (χ1) is 10.9. The Balaban J connectivity index is 1.86. The average Bonchev–Trinajstić information content (AvgIpc) is 2.53. The fraction of sp³-hybridized carbons (Fsp3) is 0.562. The third-order valence-electron chi connectivity index (χ3n) is 3.95. The number of aliphatic hydroxyl groups excluding tert-OH is 1. The molecule has 0 saturated carbocycles. The Kier molecular flexibility index (Phi) is 5.68. The van der Waals surface area contributed by atoms with Crippen LogP contribution in [0.4, 0.5) is 10.5 Å². The van der Waals surface area contributed by atoms with Gasteiger partial charge in [-0.25, -0.2) is 4.79 Å². The van der Waals surface area contributed by atoms with E-state index in [0.29, 0.717) is 31.9 Å². The van der Waals surface area contributed by atoms with Crippen LogP contribution in [-0.4, -0.2) is 71.3 Å². The van der Waals surface area contributed by atoms with Crippen molar-refractivity contribution in [3.05, 3.63) is 24.3 Å². The zero-order valence-electron chi connectivity index (χ0n) is 13.3. The van der Waals surface area contributed by atoms with E-state index in [9.17, 15) is 9.90 Å². The largest absolute Gasteiger partial charge is 0.491 e. The first-order valence-electron chi connectivity index (χ1n) is 7.70.